The first-order valence-electron chi connectivity index (χ1n) is 6.20. The van der Waals surface area contributed by atoms with Crippen LogP contribution in [0.15, 0.2) is 23.4 Å². The maximum atomic E-state index is 12.9. The van der Waals surface area contributed by atoms with Gasteiger partial charge in [-0.25, -0.2) is 8.42 Å². The average molecular weight is 320 g/mol. The van der Waals surface area contributed by atoms with E-state index in [9.17, 15) is 21.6 Å². The largest absolute Gasteiger partial charge is 0.417 e. The predicted octanol–water partition coefficient (Wildman–Crippen LogP) is 2.52. The minimum Gasteiger partial charge on any atom is -0.263 e. The highest BCUT2D eigenvalue weighted by Gasteiger charge is 2.39. The third-order valence-corrected chi connectivity index (χ3v) is 4.61. The Hall–Kier alpha value is -1.59. The number of halogens is 3. The van der Waals surface area contributed by atoms with Crippen LogP contribution in [0.4, 0.5) is 13.2 Å². The van der Waals surface area contributed by atoms with E-state index in [1.165, 1.54) is 0 Å². The van der Waals surface area contributed by atoms with Crippen molar-refractivity contribution in [1.82, 2.24) is 9.29 Å². The van der Waals surface area contributed by atoms with E-state index in [2.05, 4.69) is 10.9 Å². The molecule has 1 aromatic heterocycles. The van der Waals surface area contributed by atoms with Gasteiger partial charge in [-0.1, -0.05) is 19.3 Å². The van der Waals surface area contributed by atoms with Crippen molar-refractivity contribution in [2.45, 2.75) is 30.8 Å². The Labute approximate surface area is 122 Å². The van der Waals surface area contributed by atoms with Crippen LogP contribution in [-0.4, -0.2) is 30.8 Å². The summed E-state index contributed by atoms with van der Waals surface area (Å²) in [5.41, 5.74) is -1.24. The molecular formula is C13H15F3N2O2S. The number of nitrogens with zero attached hydrogens (tertiary/aromatic N) is 2. The van der Waals surface area contributed by atoms with Gasteiger partial charge in [-0.2, -0.15) is 17.5 Å². The Morgan fingerprint density at radius 1 is 1.43 bits per heavy atom. The van der Waals surface area contributed by atoms with E-state index in [1.807, 2.05) is 6.92 Å². The van der Waals surface area contributed by atoms with E-state index in [1.54, 1.807) is 0 Å². The van der Waals surface area contributed by atoms with Crippen LogP contribution in [0.2, 0.25) is 0 Å². The van der Waals surface area contributed by atoms with Crippen LogP contribution in [0.5, 0.6) is 0 Å². The molecule has 0 aliphatic rings. The number of alkyl halides is 3. The van der Waals surface area contributed by atoms with Gasteiger partial charge in [-0.15, -0.1) is 6.42 Å². The number of hydrogen-bond acceptors (Lipinski definition) is 3. The van der Waals surface area contributed by atoms with Crippen LogP contribution in [0.1, 0.15) is 25.3 Å². The molecule has 0 fully saturated rings. The molecule has 0 unspecified atom stereocenters. The molecule has 21 heavy (non-hydrogen) atoms. The zero-order chi connectivity index (χ0) is 16.1. The summed E-state index contributed by atoms with van der Waals surface area (Å²) in [6, 6.07) is 0.640. The molecular weight excluding hydrogens is 305 g/mol. The lowest BCUT2D eigenvalue weighted by atomic mass is 10.3. The zero-order valence-corrected chi connectivity index (χ0v) is 12.2. The number of rotatable bonds is 6. The third kappa shape index (κ3) is 4.19. The fourth-order valence-electron chi connectivity index (χ4n) is 1.68. The maximum absolute atomic E-state index is 12.9. The molecule has 0 aliphatic heterocycles. The molecule has 0 aliphatic carbocycles. The van der Waals surface area contributed by atoms with Gasteiger partial charge >= 0.3 is 6.18 Å². The minimum absolute atomic E-state index is 0.0647. The molecule has 0 spiro atoms. The molecule has 1 rings (SSSR count). The van der Waals surface area contributed by atoms with Crippen molar-refractivity contribution in [2.24, 2.45) is 0 Å². The molecule has 0 N–H and O–H groups in total. The van der Waals surface area contributed by atoms with Gasteiger partial charge in [0.15, 0.2) is 0 Å². The standard InChI is InChI=1S/C13H15F3N2O2S/c1-3-5-9-18(8-4-2)21(19,20)12-10-17-7-6-11(12)13(14,15)16/h2,6-7,10H,3,5,8-9H2,1H3. The quantitative estimate of drug-likeness (QED) is 0.757. The lowest BCUT2D eigenvalue weighted by molar-refractivity contribution is -0.140. The molecule has 1 heterocycles. The molecule has 116 valence electrons. The van der Waals surface area contributed by atoms with Gasteiger partial charge in [-0.05, 0) is 12.5 Å². The third-order valence-electron chi connectivity index (χ3n) is 2.74. The highest BCUT2D eigenvalue weighted by atomic mass is 32.2. The molecule has 4 nitrogen and oxygen atoms in total. The number of unbranched alkanes of at least 4 members (excludes halogenated alkanes) is 1. The van der Waals surface area contributed by atoms with Crippen molar-refractivity contribution >= 4 is 10.0 Å². The molecule has 0 bridgehead atoms. The highest BCUT2D eigenvalue weighted by molar-refractivity contribution is 7.89. The fraction of sp³-hybridized carbons (Fsp3) is 0.462. The van der Waals surface area contributed by atoms with E-state index in [-0.39, 0.29) is 13.1 Å². The maximum Gasteiger partial charge on any atom is 0.417 e. The molecule has 1 aromatic rings. The van der Waals surface area contributed by atoms with E-state index in [0.717, 1.165) is 10.5 Å². The smallest absolute Gasteiger partial charge is 0.263 e. The Balaban J connectivity index is 3.32. The van der Waals surface area contributed by atoms with Crippen LogP contribution in [0.3, 0.4) is 0 Å². The molecule has 0 atom stereocenters. The summed E-state index contributed by atoms with van der Waals surface area (Å²) in [4.78, 5) is 2.62. The Morgan fingerprint density at radius 2 is 2.10 bits per heavy atom. The first kappa shape index (κ1) is 17.5. The van der Waals surface area contributed by atoms with Crippen molar-refractivity contribution in [3.63, 3.8) is 0 Å². The monoisotopic (exact) mass is 320 g/mol. The van der Waals surface area contributed by atoms with Crippen molar-refractivity contribution < 1.29 is 21.6 Å². The van der Waals surface area contributed by atoms with Crippen molar-refractivity contribution in [3.05, 3.63) is 24.0 Å². The summed E-state index contributed by atoms with van der Waals surface area (Å²) >= 11 is 0. The SMILES string of the molecule is C#CCN(CCCC)S(=O)(=O)c1cnccc1C(F)(F)F. The lowest BCUT2D eigenvalue weighted by Gasteiger charge is -2.21. The summed E-state index contributed by atoms with van der Waals surface area (Å²) in [6.07, 6.45) is 3.12. The number of aromatic nitrogens is 1. The summed E-state index contributed by atoms with van der Waals surface area (Å²) in [5, 5.41) is 0. The zero-order valence-electron chi connectivity index (χ0n) is 11.4. The Bertz CT molecular complexity index is 621. The number of pyridine rings is 1. The van der Waals surface area contributed by atoms with Gasteiger partial charge in [0, 0.05) is 18.9 Å². The van der Waals surface area contributed by atoms with E-state index >= 15 is 0 Å². The number of hydrogen-bond donors (Lipinski definition) is 0. The number of sulfonamides is 1. The van der Waals surface area contributed by atoms with Gasteiger partial charge in [-0.3, -0.25) is 4.98 Å². The normalized spacial score (nSPS) is 12.4. The minimum atomic E-state index is -4.78. The lowest BCUT2D eigenvalue weighted by Crippen LogP contribution is -2.33. The molecule has 0 aromatic carbocycles. The van der Waals surface area contributed by atoms with Crippen molar-refractivity contribution in [1.29, 1.82) is 0 Å². The van der Waals surface area contributed by atoms with Crippen LogP contribution in [-0.2, 0) is 16.2 Å². The van der Waals surface area contributed by atoms with E-state index in [0.29, 0.717) is 25.1 Å². The number of terminal acetylenes is 1. The van der Waals surface area contributed by atoms with Crippen LogP contribution in [0, 0.1) is 12.3 Å². The summed E-state index contributed by atoms with van der Waals surface area (Å²) in [6.45, 7) is 1.62. The van der Waals surface area contributed by atoms with Gasteiger partial charge < -0.3 is 0 Å². The summed E-state index contributed by atoms with van der Waals surface area (Å²) < 4.78 is 64.4. The predicted molar refractivity (Wildman–Crippen MR) is 71.7 cm³/mol. The fourth-order valence-corrected chi connectivity index (χ4v) is 3.23. The van der Waals surface area contributed by atoms with Gasteiger partial charge in [0.25, 0.3) is 0 Å². The summed E-state index contributed by atoms with van der Waals surface area (Å²) in [5.74, 6) is 2.16. The second kappa shape index (κ2) is 6.91. The van der Waals surface area contributed by atoms with Crippen LogP contribution in [0.25, 0.3) is 0 Å². The molecule has 0 radical (unpaired) electrons. The topological polar surface area (TPSA) is 50.3 Å². The molecule has 0 saturated heterocycles. The molecule has 0 saturated carbocycles. The first-order valence-corrected chi connectivity index (χ1v) is 7.64. The van der Waals surface area contributed by atoms with Gasteiger partial charge in [0.1, 0.15) is 4.90 Å². The first-order chi connectivity index (χ1) is 9.75. The van der Waals surface area contributed by atoms with Crippen molar-refractivity contribution in [3.8, 4) is 12.3 Å². The Kier molecular flexibility index (Phi) is 5.75. The van der Waals surface area contributed by atoms with Gasteiger partial charge in [0.2, 0.25) is 10.0 Å². The van der Waals surface area contributed by atoms with Crippen LogP contribution < -0.4 is 0 Å². The molecule has 8 heteroatoms. The van der Waals surface area contributed by atoms with E-state index in [4.69, 9.17) is 6.42 Å². The second-order valence-electron chi connectivity index (χ2n) is 4.27. The highest BCUT2D eigenvalue weighted by Crippen LogP contribution is 2.34. The second-order valence-corrected chi connectivity index (χ2v) is 6.17. The molecule has 0 amide bonds. The average Bonchev–Trinajstić information content (AvgIpc) is 2.42. The Morgan fingerprint density at radius 3 is 2.62 bits per heavy atom. The summed E-state index contributed by atoms with van der Waals surface area (Å²) in [7, 11) is -4.34. The van der Waals surface area contributed by atoms with E-state index < -0.39 is 26.7 Å². The van der Waals surface area contributed by atoms with Crippen LogP contribution >= 0.6 is 0 Å². The van der Waals surface area contributed by atoms with Crippen molar-refractivity contribution in [2.75, 3.05) is 13.1 Å². The van der Waals surface area contributed by atoms with Gasteiger partial charge in [0.05, 0.1) is 12.1 Å².